The number of nitrogens with zero attached hydrogens (tertiary/aromatic N) is 2. The number of aromatic amines is 1. The van der Waals surface area contributed by atoms with Crippen molar-refractivity contribution >= 4 is 22.5 Å². The first-order valence-corrected chi connectivity index (χ1v) is 9.54. The third kappa shape index (κ3) is 3.80. The summed E-state index contributed by atoms with van der Waals surface area (Å²) in [6, 6.07) is 18.2. The van der Waals surface area contributed by atoms with Crippen LogP contribution in [0, 0.1) is 6.92 Å². The van der Waals surface area contributed by atoms with Crippen LogP contribution >= 0.6 is 0 Å². The average molecular weight is 399 g/mol. The van der Waals surface area contributed by atoms with E-state index in [0.29, 0.717) is 22.6 Å². The molecule has 0 saturated heterocycles. The zero-order valence-electron chi connectivity index (χ0n) is 16.8. The fourth-order valence-electron chi connectivity index (χ4n) is 3.43. The molecular formula is C24H21N3O3. The molecule has 0 spiro atoms. The normalized spacial score (nSPS) is 10.7. The van der Waals surface area contributed by atoms with Crippen molar-refractivity contribution in [1.82, 2.24) is 9.97 Å². The Labute approximate surface area is 173 Å². The van der Waals surface area contributed by atoms with Crippen molar-refractivity contribution < 1.29 is 9.53 Å². The Kier molecular flexibility index (Phi) is 5.30. The zero-order valence-corrected chi connectivity index (χ0v) is 16.8. The number of H-pyrrole nitrogens is 1. The Balaban J connectivity index is 1.82. The summed E-state index contributed by atoms with van der Waals surface area (Å²) in [7, 11) is 1.56. The van der Waals surface area contributed by atoms with E-state index < -0.39 is 0 Å². The second-order valence-corrected chi connectivity index (χ2v) is 7.01. The number of hydrogen-bond acceptors (Lipinski definition) is 4. The molecular weight excluding hydrogens is 378 g/mol. The fraction of sp³-hybridized carbons (Fsp3) is 0.125. The van der Waals surface area contributed by atoms with Gasteiger partial charge in [-0.05, 0) is 54.8 Å². The Morgan fingerprint density at radius 1 is 1.07 bits per heavy atom. The van der Waals surface area contributed by atoms with E-state index in [1.807, 2.05) is 43.3 Å². The lowest BCUT2D eigenvalue weighted by Gasteiger charge is -2.24. The summed E-state index contributed by atoms with van der Waals surface area (Å²) in [6.45, 7) is 2.10. The van der Waals surface area contributed by atoms with Crippen LogP contribution in [0.25, 0.3) is 10.9 Å². The molecule has 0 atom stereocenters. The number of aromatic nitrogens is 2. The first-order chi connectivity index (χ1) is 14.6. The number of amides is 1. The molecule has 0 bridgehead atoms. The van der Waals surface area contributed by atoms with E-state index in [2.05, 4.69) is 9.97 Å². The molecule has 150 valence electrons. The first kappa shape index (κ1) is 19.4. The number of carbonyl (C=O) groups is 1. The van der Waals surface area contributed by atoms with Gasteiger partial charge in [-0.2, -0.15) is 0 Å². The number of aryl methyl sites for hydroxylation is 1. The van der Waals surface area contributed by atoms with Crippen LogP contribution in [-0.4, -0.2) is 23.0 Å². The number of nitrogens with one attached hydrogen (secondary N) is 1. The minimum atomic E-state index is -0.245. The quantitative estimate of drug-likeness (QED) is 0.549. The molecule has 4 rings (SSSR count). The van der Waals surface area contributed by atoms with E-state index in [1.54, 1.807) is 48.7 Å². The number of anilines is 1. The molecule has 2 heterocycles. The van der Waals surface area contributed by atoms with Crippen molar-refractivity contribution in [2.45, 2.75) is 13.5 Å². The number of methoxy groups -OCH3 is 1. The summed E-state index contributed by atoms with van der Waals surface area (Å²) in [5, 5.41) is 0.918. The van der Waals surface area contributed by atoms with Crippen LogP contribution in [0.15, 0.2) is 77.9 Å². The number of benzene rings is 2. The maximum atomic E-state index is 13.4. The Morgan fingerprint density at radius 2 is 1.83 bits per heavy atom. The highest BCUT2D eigenvalue weighted by atomic mass is 16.5. The Morgan fingerprint density at radius 3 is 2.60 bits per heavy atom. The van der Waals surface area contributed by atoms with E-state index in [1.165, 1.54) is 0 Å². The molecule has 4 aromatic rings. The van der Waals surface area contributed by atoms with Gasteiger partial charge in [-0.25, -0.2) is 0 Å². The highest BCUT2D eigenvalue weighted by Gasteiger charge is 2.22. The molecule has 2 aromatic carbocycles. The number of pyridine rings is 2. The highest BCUT2D eigenvalue weighted by Crippen LogP contribution is 2.30. The molecule has 0 aliphatic rings. The van der Waals surface area contributed by atoms with Gasteiger partial charge >= 0.3 is 0 Å². The molecule has 2 aromatic heterocycles. The molecule has 6 nitrogen and oxygen atoms in total. The largest absolute Gasteiger partial charge is 0.495 e. The molecule has 0 aliphatic carbocycles. The third-order valence-electron chi connectivity index (χ3n) is 4.95. The van der Waals surface area contributed by atoms with Gasteiger partial charge < -0.3 is 14.6 Å². The van der Waals surface area contributed by atoms with Gasteiger partial charge in [-0.3, -0.25) is 14.6 Å². The lowest BCUT2D eigenvalue weighted by atomic mass is 10.1. The fourth-order valence-corrected chi connectivity index (χ4v) is 3.43. The van der Waals surface area contributed by atoms with E-state index in [-0.39, 0.29) is 18.0 Å². The van der Waals surface area contributed by atoms with Gasteiger partial charge in [0, 0.05) is 29.0 Å². The maximum Gasteiger partial charge on any atom is 0.258 e. The van der Waals surface area contributed by atoms with Crippen LogP contribution in [0.3, 0.4) is 0 Å². The van der Waals surface area contributed by atoms with E-state index in [4.69, 9.17) is 4.74 Å². The van der Waals surface area contributed by atoms with Gasteiger partial charge in [0.1, 0.15) is 5.75 Å². The maximum absolute atomic E-state index is 13.4. The van der Waals surface area contributed by atoms with Crippen molar-refractivity contribution in [3.05, 3.63) is 100 Å². The molecule has 0 radical (unpaired) electrons. The van der Waals surface area contributed by atoms with Crippen LogP contribution in [0.5, 0.6) is 5.75 Å². The van der Waals surface area contributed by atoms with Gasteiger partial charge in [0.05, 0.1) is 19.3 Å². The lowest BCUT2D eigenvalue weighted by molar-refractivity contribution is 0.0984. The smallest absolute Gasteiger partial charge is 0.258 e. The number of carbonyl (C=O) groups excluding carboxylic acids is 1. The average Bonchev–Trinajstić information content (AvgIpc) is 2.78. The van der Waals surface area contributed by atoms with Crippen LogP contribution in [0.1, 0.15) is 21.5 Å². The van der Waals surface area contributed by atoms with Crippen molar-refractivity contribution in [3.63, 3.8) is 0 Å². The van der Waals surface area contributed by atoms with Crippen LogP contribution in [0.2, 0.25) is 0 Å². The molecule has 1 amide bonds. The van der Waals surface area contributed by atoms with Crippen molar-refractivity contribution in [2.24, 2.45) is 0 Å². The molecule has 0 unspecified atom stereocenters. The number of fused-ring (bicyclic) bond motifs is 1. The predicted molar refractivity (Wildman–Crippen MR) is 117 cm³/mol. The van der Waals surface area contributed by atoms with Crippen molar-refractivity contribution in [3.8, 4) is 5.75 Å². The van der Waals surface area contributed by atoms with Gasteiger partial charge in [0.15, 0.2) is 0 Å². The predicted octanol–water partition coefficient (Wildman–Crippen LogP) is 4.09. The Bertz CT molecular complexity index is 1270. The van der Waals surface area contributed by atoms with Crippen molar-refractivity contribution in [1.29, 1.82) is 0 Å². The van der Waals surface area contributed by atoms with Crippen LogP contribution in [0.4, 0.5) is 5.69 Å². The number of para-hydroxylation sites is 2. The molecule has 30 heavy (non-hydrogen) atoms. The van der Waals surface area contributed by atoms with Gasteiger partial charge in [-0.1, -0.05) is 23.8 Å². The third-order valence-corrected chi connectivity index (χ3v) is 4.95. The number of rotatable bonds is 5. The van der Waals surface area contributed by atoms with Crippen molar-refractivity contribution in [2.75, 3.05) is 12.0 Å². The molecule has 1 N–H and O–H groups in total. The van der Waals surface area contributed by atoms with Gasteiger partial charge in [0.25, 0.3) is 11.5 Å². The second-order valence-electron chi connectivity index (χ2n) is 7.01. The summed E-state index contributed by atoms with van der Waals surface area (Å²) in [5.41, 5.74) is 3.18. The van der Waals surface area contributed by atoms with E-state index >= 15 is 0 Å². The summed E-state index contributed by atoms with van der Waals surface area (Å²) in [6.07, 6.45) is 3.14. The summed E-state index contributed by atoms with van der Waals surface area (Å²) < 4.78 is 5.47. The summed E-state index contributed by atoms with van der Waals surface area (Å²) in [5.74, 6) is 0.304. The highest BCUT2D eigenvalue weighted by molar-refractivity contribution is 6.06. The number of hydrogen-bond donors (Lipinski definition) is 1. The monoisotopic (exact) mass is 399 g/mol. The SMILES string of the molecule is COc1ccccc1N(Cc1cc2cc(C)ccc2[nH]c1=O)C(=O)c1ccncc1. The molecule has 6 heteroatoms. The number of ether oxygens (including phenoxy) is 1. The minimum absolute atomic E-state index is 0.0980. The summed E-state index contributed by atoms with van der Waals surface area (Å²) >= 11 is 0. The molecule has 0 aliphatic heterocycles. The van der Waals surface area contributed by atoms with Crippen LogP contribution in [-0.2, 0) is 6.54 Å². The van der Waals surface area contributed by atoms with Gasteiger partial charge in [-0.15, -0.1) is 0 Å². The molecule has 0 fully saturated rings. The first-order valence-electron chi connectivity index (χ1n) is 9.54. The lowest BCUT2D eigenvalue weighted by Crippen LogP contribution is -2.33. The van der Waals surface area contributed by atoms with E-state index in [0.717, 1.165) is 16.5 Å². The van der Waals surface area contributed by atoms with Gasteiger partial charge in [0.2, 0.25) is 0 Å². The van der Waals surface area contributed by atoms with E-state index in [9.17, 15) is 9.59 Å². The molecule has 0 saturated carbocycles. The second kappa shape index (κ2) is 8.21. The Hall–Kier alpha value is -3.93. The minimum Gasteiger partial charge on any atom is -0.495 e. The summed E-state index contributed by atoms with van der Waals surface area (Å²) in [4.78, 5) is 34.6. The standard InChI is InChI=1S/C24H21N3O3/c1-16-7-8-20-18(13-16)14-19(23(28)26-20)15-27(21-5-3-4-6-22(21)30-2)24(29)17-9-11-25-12-10-17/h3-14H,15H2,1-2H3,(H,26,28). The zero-order chi connectivity index (χ0) is 21.1. The topological polar surface area (TPSA) is 75.3 Å². The van der Waals surface area contributed by atoms with Crippen LogP contribution < -0.4 is 15.2 Å².